The molecular formula is C30H35NO7. The summed E-state index contributed by atoms with van der Waals surface area (Å²) < 4.78 is 27.8. The molecule has 2 aliphatic rings. The van der Waals surface area contributed by atoms with E-state index in [-0.39, 0.29) is 24.7 Å². The van der Waals surface area contributed by atoms with Gasteiger partial charge in [-0.3, -0.25) is 4.79 Å². The SMILES string of the molecule is CCCOC(=O)C1=C(C)NC2=C(C(=O)C[C@H](c3ccccc3OC)C2)[C@@H]1c1cc(OC)c(OC)c(OC)c1. The third-order valence-corrected chi connectivity index (χ3v) is 7.08. The van der Waals surface area contributed by atoms with E-state index >= 15 is 0 Å². The van der Waals surface area contributed by atoms with Gasteiger partial charge in [0.05, 0.1) is 40.6 Å². The number of carbonyl (C=O) groups excluding carboxylic acids is 2. The standard InChI is InChI=1S/C30H35NO7/c1-7-12-38-30(33)26-17(2)31-21-13-18(20-10-8-9-11-23(20)34-3)14-22(32)28(21)27(26)19-15-24(35-4)29(37-6)25(16-19)36-5/h8-11,15-16,18,27,31H,7,12-14H2,1-6H3/t18-,27-/m1/s1. The molecule has 1 N–H and O–H groups in total. The van der Waals surface area contributed by atoms with Crippen LogP contribution in [0.2, 0.25) is 0 Å². The normalized spacial score (nSPS) is 18.9. The van der Waals surface area contributed by atoms with E-state index in [0.29, 0.717) is 52.5 Å². The number of ether oxygens (including phenoxy) is 5. The molecule has 1 aliphatic carbocycles. The summed E-state index contributed by atoms with van der Waals surface area (Å²) in [4.78, 5) is 27.3. The van der Waals surface area contributed by atoms with Crippen LogP contribution in [0.5, 0.6) is 23.0 Å². The highest BCUT2D eigenvalue weighted by Crippen LogP contribution is 2.49. The molecule has 0 spiro atoms. The van der Waals surface area contributed by atoms with E-state index in [1.54, 1.807) is 19.2 Å². The fourth-order valence-corrected chi connectivity index (χ4v) is 5.41. The van der Waals surface area contributed by atoms with Crippen molar-refractivity contribution >= 4 is 11.8 Å². The van der Waals surface area contributed by atoms with E-state index in [2.05, 4.69) is 5.32 Å². The maximum atomic E-state index is 13.9. The lowest BCUT2D eigenvalue weighted by Crippen LogP contribution is -2.36. The molecule has 4 rings (SSSR count). The molecule has 1 aliphatic heterocycles. The minimum atomic E-state index is -0.657. The van der Waals surface area contributed by atoms with Crippen molar-refractivity contribution in [3.63, 3.8) is 0 Å². The molecule has 0 bridgehead atoms. The van der Waals surface area contributed by atoms with Crippen molar-refractivity contribution in [3.05, 3.63) is 70.1 Å². The molecular weight excluding hydrogens is 486 g/mol. The van der Waals surface area contributed by atoms with Crippen molar-refractivity contribution in [3.8, 4) is 23.0 Å². The molecule has 0 saturated carbocycles. The Labute approximate surface area is 223 Å². The molecule has 2 aromatic carbocycles. The molecule has 0 unspecified atom stereocenters. The van der Waals surface area contributed by atoms with Crippen LogP contribution in [0.1, 0.15) is 56.1 Å². The maximum absolute atomic E-state index is 13.9. The Morgan fingerprint density at radius 2 is 1.61 bits per heavy atom. The second kappa shape index (κ2) is 11.6. The second-order valence-electron chi connectivity index (χ2n) is 9.35. The molecule has 38 heavy (non-hydrogen) atoms. The van der Waals surface area contributed by atoms with Gasteiger partial charge < -0.3 is 29.0 Å². The lowest BCUT2D eigenvalue weighted by molar-refractivity contribution is -0.139. The summed E-state index contributed by atoms with van der Waals surface area (Å²) in [5.41, 5.74) is 4.06. The number of Topliss-reactive ketones (excluding diaryl/α,β-unsaturated/α-hetero) is 1. The molecule has 8 nitrogen and oxygen atoms in total. The maximum Gasteiger partial charge on any atom is 0.336 e. The van der Waals surface area contributed by atoms with Crippen LogP contribution in [-0.2, 0) is 14.3 Å². The summed E-state index contributed by atoms with van der Waals surface area (Å²) in [6.45, 7) is 4.06. The number of esters is 1. The van der Waals surface area contributed by atoms with Gasteiger partial charge in [0.15, 0.2) is 17.3 Å². The first-order chi connectivity index (χ1) is 18.4. The summed E-state index contributed by atoms with van der Waals surface area (Å²) in [5, 5.41) is 3.38. The number of rotatable bonds is 9. The highest BCUT2D eigenvalue weighted by Gasteiger charge is 2.42. The monoisotopic (exact) mass is 521 g/mol. The molecule has 2 aromatic rings. The van der Waals surface area contributed by atoms with E-state index in [4.69, 9.17) is 23.7 Å². The van der Waals surface area contributed by atoms with Crippen LogP contribution in [0, 0.1) is 0 Å². The van der Waals surface area contributed by atoms with Crippen LogP contribution in [0.15, 0.2) is 58.9 Å². The van der Waals surface area contributed by atoms with E-state index in [1.807, 2.05) is 38.1 Å². The molecule has 1 heterocycles. The Bertz CT molecular complexity index is 1270. The van der Waals surface area contributed by atoms with Crippen molar-refractivity contribution in [1.29, 1.82) is 0 Å². The summed E-state index contributed by atoms with van der Waals surface area (Å²) in [5.74, 6) is 0.852. The Balaban J connectivity index is 1.87. The predicted molar refractivity (Wildman–Crippen MR) is 143 cm³/mol. The number of ketones is 1. The Hall–Kier alpha value is -3.94. The molecule has 0 fully saturated rings. The Morgan fingerprint density at radius 1 is 0.947 bits per heavy atom. The fraction of sp³-hybridized carbons (Fsp3) is 0.400. The van der Waals surface area contributed by atoms with Crippen molar-refractivity contribution in [1.82, 2.24) is 5.32 Å². The van der Waals surface area contributed by atoms with Gasteiger partial charge in [0.25, 0.3) is 0 Å². The van der Waals surface area contributed by atoms with Gasteiger partial charge in [-0.1, -0.05) is 25.1 Å². The van der Waals surface area contributed by atoms with Crippen LogP contribution in [0.4, 0.5) is 0 Å². The molecule has 0 saturated heterocycles. The molecule has 0 amide bonds. The molecule has 0 radical (unpaired) electrons. The van der Waals surface area contributed by atoms with Crippen LogP contribution in [-0.4, -0.2) is 46.8 Å². The zero-order valence-electron chi connectivity index (χ0n) is 22.8. The van der Waals surface area contributed by atoms with E-state index in [1.165, 1.54) is 21.3 Å². The summed E-state index contributed by atoms with van der Waals surface area (Å²) in [7, 11) is 6.24. The number of methoxy groups -OCH3 is 4. The van der Waals surface area contributed by atoms with Gasteiger partial charge in [-0.2, -0.15) is 0 Å². The molecule has 8 heteroatoms. The van der Waals surface area contributed by atoms with Gasteiger partial charge >= 0.3 is 5.97 Å². The number of hydrogen-bond acceptors (Lipinski definition) is 8. The van der Waals surface area contributed by atoms with Gasteiger partial charge in [0, 0.05) is 35.2 Å². The highest BCUT2D eigenvalue weighted by molar-refractivity contribution is 6.04. The third-order valence-electron chi connectivity index (χ3n) is 7.08. The molecule has 0 aromatic heterocycles. The molecule has 202 valence electrons. The number of benzene rings is 2. The number of dihydropyridines is 1. The molecule has 2 atom stereocenters. The first-order valence-electron chi connectivity index (χ1n) is 12.7. The topological polar surface area (TPSA) is 92.3 Å². The van der Waals surface area contributed by atoms with Gasteiger partial charge in [0.2, 0.25) is 5.75 Å². The number of hydrogen-bond donors (Lipinski definition) is 1. The number of para-hydroxylation sites is 1. The largest absolute Gasteiger partial charge is 0.496 e. The fourth-order valence-electron chi connectivity index (χ4n) is 5.41. The zero-order valence-corrected chi connectivity index (χ0v) is 22.8. The number of nitrogens with one attached hydrogen (secondary N) is 1. The smallest absolute Gasteiger partial charge is 0.336 e. The van der Waals surface area contributed by atoms with E-state index in [9.17, 15) is 9.59 Å². The van der Waals surface area contributed by atoms with Crippen LogP contribution >= 0.6 is 0 Å². The lowest BCUT2D eigenvalue weighted by atomic mass is 9.71. The number of carbonyl (C=O) groups is 2. The first-order valence-corrected chi connectivity index (χ1v) is 12.7. The van der Waals surface area contributed by atoms with Crippen molar-refractivity contribution < 1.29 is 33.3 Å². The second-order valence-corrected chi connectivity index (χ2v) is 9.35. The van der Waals surface area contributed by atoms with E-state index < -0.39 is 11.9 Å². The van der Waals surface area contributed by atoms with E-state index in [0.717, 1.165) is 17.0 Å². The van der Waals surface area contributed by atoms with Gasteiger partial charge in [-0.25, -0.2) is 4.79 Å². The van der Waals surface area contributed by atoms with Crippen molar-refractivity contribution in [2.75, 3.05) is 35.0 Å². The average molecular weight is 522 g/mol. The Kier molecular flexibility index (Phi) is 8.29. The van der Waals surface area contributed by atoms with Crippen molar-refractivity contribution in [2.45, 2.75) is 44.9 Å². The quantitative estimate of drug-likeness (QED) is 0.459. The first kappa shape index (κ1) is 27.1. The number of allylic oxidation sites excluding steroid dienone is 3. The summed E-state index contributed by atoms with van der Waals surface area (Å²) in [6.07, 6.45) is 1.57. The summed E-state index contributed by atoms with van der Waals surface area (Å²) in [6, 6.07) is 11.4. The van der Waals surface area contributed by atoms with Crippen molar-refractivity contribution in [2.24, 2.45) is 0 Å². The minimum absolute atomic E-state index is 0.0401. The highest BCUT2D eigenvalue weighted by atomic mass is 16.5. The summed E-state index contributed by atoms with van der Waals surface area (Å²) >= 11 is 0. The lowest BCUT2D eigenvalue weighted by Gasteiger charge is -2.37. The van der Waals surface area contributed by atoms with Gasteiger partial charge in [-0.05, 0) is 49.1 Å². The van der Waals surface area contributed by atoms with Crippen LogP contribution < -0.4 is 24.3 Å². The third kappa shape index (κ3) is 4.95. The Morgan fingerprint density at radius 3 is 2.21 bits per heavy atom. The van der Waals surface area contributed by atoms with Crippen LogP contribution in [0.25, 0.3) is 0 Å². The predicted octanol–water partition coefficient (Wildman–Crippen LogP) is 5.04. The average Bonchev–Trinajstić information content (AvgIpc) is 2.93. The van der Waals surface area contributed by atoms with Gasteiger partial charge in [-0.15, -0.1) is 0 Å². The van der Waals surface area contributed by atoms with Crippen LogP contribution in [0.3, 0.4) is 0 Å². The zero-order chi connectivity index (χ0) is 27.4. The minimum Gasteiger partial charge on any atom is -0.496 e. The van der Waals surface area contributed by atoms with Gasteiger partial charge in [0.1, 0.15) is 5.75 Å².